The topological polar surface area (TPSA) is 89.4 Å². The molecule has 0 bridgehead atoms. The predicted octanol–water partition coefficient (Wildman–Crippen LogP) is 1.85. The van der Waals surface area contributed by atoms with E-state index in [2.05, 4.69) is 10.2 Å². The van der Waals surface area contributed by atoms with Crippen molar-refractivity contribution in [1.29, 1.82) is 0 Å². The summed E-state index contributed by atoms with van der Waals surface area (Å²) < 4.78 is 0. The van der Waals surface area contributed by atoms with Crippen molar-refractivity contribution in [1.82, 2.24) is 15.1 Å². The minimum Gasteiger partial charge on any atom is -0.507 e. The molecule has 2 rings (SSSR count). The molecular formula is C14H17N3O3. The normalized spacial score (nSPS) is 11.0. The number of carboxylic acids is 1. The van der Waals surface area contributed by atoms with Gasteiger partial charge in [0.15, 0.2) is 0 Å². The van der Waals surface area contributed by atoms with Crippen molar-refractivity contribution < 1.29 is 15.0 Å². The Kier molecular flexibility index (Phi) is 3.76. The van der Waals surface area contributed by atoms with Crippen LogP contribution in [0.3, 0.4) is 0 Å². The quantitative estimate of drug-likeness (QED) is 0.792. The summed E-state index contributed by atoms with van der Waals surface area (Å²) in [6, 6.07) is 5.09. The molecule has 1 aromatic carbocycles. The summed E-state index contributed by atoms with van der Waals surface area (Å²) in [5.74, 6) is -0.788. The first kappa shape index (κ1) is 14.1. The fourth-order valence-electron chi connectivity index (χ4n) is 2.04. The van der Waals surface area contributed by atoms with Crippen molar-refractivity contribution in [2.45, 2.75) is 13.5 Å². The SMILES string of the molecule is Cc1cc(-c2cc(C(=O)O)[nH]n2)cc(CN(C)C)c1O. The van der Waals surface area contributed by atoms with Gasteiger partial charge in [-0.05, 0) is 44.8 Å². The smallest absolute Gasteiger partial charge is 0.353 e. The van der Waals surface area contributed by atoms with E-state index >= 15 is 0 Å². The number of aryl methyl sites for hydroxylation is 1. The minimum absolute atomic E-state index is 0.0416. The van der Waals surface area contributed by atoms with Crippen molar-refractivity contribution in [2.75, 3.05) is 14.1 Å². The maximum absolute atomic E-state index is 10.9. The fourth-order valence-corrected chi connectivity index (χ4v) is 2.04. The van der Waals surface area contributed by atoms with Crippen molar-refractivity contribution >= 4 is 5.97 Å². The number of aromatic carboxylic acids is 1. The summed E-state index contributed by atoms with van der Waals surface area (Å²) in [5, 5.41) is 25.4. The lowest BCUT2D eigenvalue weighted by Gasteiger charge is -2.14. The number of nitrogens with one attached hydrogen (secondary N) is 1. The van der Waals surface area contributed by atoms with Gasteiger partial charge in [-0.3, -0.25) is 5.10 Å². The highest BCUT2D eigenvalue weighted by Crippen LogP contribution is 2.29. The molecule has 3 N–H and O–H groups in total. The number of carboxylic acid groups (broad SMARTS) is 1. The zero-order valence-corrected chi connectivity index (χ0v) is 11.6. The van der Waals surface area contributed by atoms with Crippen LogP contribution in [0, 0.1) is 6.92 Å². The predicted molar refractivity (Wildman–Crippen MR) is 74.8 cm³/mol. The molecule has 0 fully saturated rings. The van der Waals surface area contributed by atoms with E-state index in [1.807, 2.05) is 32.0 Å². The number of nitrogens with zero attached hydrogens (tertiary/aromatic N) is 2. The number of aromatic nitrogens is 2. The fraction of sp³-hybridized carbons (Fsp3) is 0.286. The molecule has 0 aliphatic carbocycles. The molecule has 0 aliphatic heterocycles. The van der Waals surface area contributed by atoms with Gasteiger partial charge in [-0.2, -0.15) is 5.10 Å². The van der Waals surface area contributed by atoms with Gasteiger partial charge in [-0.25, -0.2) is 4.79 Å². The third kappa shape index (κ3) is 2.80. The molecule has 1 heterocycles. The molecule has 20 heavy (non-hydrogen) atoms. The number of aromatic amines is 1. The molecule has 2 aromatic rings. The van der Waals surface area contributed by atoms with E-state index in [9.17, 15) is 9.90 Å². The van der Waals surface area contributed by atoms with E-state index in [0.29, 0.717) is 12.2 Å². The molecule has 0 spiro atoms. The second-order valence-corrected chi connectivity index (χ2v) is 5.01. The summed E-state index contributed by atoms with van der Waals surface area (Å²) in [6.07, 6.45) is 0. The molecule has 0 unspecified atom stereocenters. The van der Waals surface area contributed by atoms with E-state index in [4.69, 9.17) is 5.11 Å². The van der Waals surface area contributed by atoms with Gasteiger partial charge >= 0.3 is 5.97 Å². The molecule has 0 saturated heterocycles. The lowest BCUT2D eigenvalue weighted by Crippen LogP contribution is -2.11. The first-order chi connectivity index (χ1) is 9.38. The lowest BCUT2D eigenvalue weighted by molar-refractivity contribution is 0.0690. The number of phenols is 1. The van der Waals surface area contributed by atoms with Crippen LogP contribution in [0.2, 0.25) is 0 Å². The van der Waals surface area contributed by atoms with Crippen LogP contribution >= 0.6 is 0 Å². The zero-order chi connectivity index (χ0) is 14.9. The third-order valence-electron chi connectivity index (χ3n) is 2.97. The average Bonchev–Trinajstić information content (AvgIpc) is 2.83. The van der Waals surface area contributed by atoms with Crippen LogP contribution < -0.4 is 0 Å². The standard InChI is InChI=1S/C14H17N3O3/c1-8-4-9(5-10(13(8)18)7-17(2)3)11-6-12(14(19)20)16-15-11/h4-6,18H,7H2,1-3H3,(H,15,16)(H,19,20). The highest BCUT2D eigenvalue weighted by atomic mass is 16.4. The van der Waals surface area contributed by atoms with Crippen molar-refractivity contribution in [3.63, 3.8) is 0 Å². The molecule has 0 amide bonds. The van der Waals surface area contributed by atoms with E-state index in [1.165, 1.54) is 6.07 Å². The number of carbonyl (C=O) groups is 1. The molecule has 6 nitrogen and oxygen atoms in total. The van der Waals surface area contributed by atoms with E-state index in [-0.39, 0.29) is 11.4 Å². The van der Waals surface area contributed by atoms with Crippen molar-refractivity contribution in [3.8, 4) is 17.0 Å². The number of phenolic OH excluding ortho intramolecular Hbond substituents is 1. The summed E-state index contributed by atoms with van der Waals surface area (Å²) in [7, 11) is 3.83. The van der Waals surface area contributed by atoms with Crippen LogP contribution in [0.1, 0.15) is 21.6 Å². The lowest BCUT2D eigenvalue weighted by atomic mass is 10.0. The number of H-pyrrole nitrogens is 1. The van der Waals surface area contributed by atoms with Crippen LogP contribution in [0.15, 0.2) is 18.2 Å². The van der Waals surface area contributed by atoms with Crippen LogP contribution in [-0.4, -0.2) is 45.4 Å². The maximum atomic E-state index is 10.9. The Labute approximate surface area is 116 Å². The molecule has 0 aliphatic rings. The first-order valence-electron chi connectivity index (χ1n) is 6.14. The molecule has 6 heteroatoms. The Morgan fingerprint density at radius 3 is 2.60 bits per heavy atom. The van der Waals surface area contributed by atoms with Crippen LogP contribution in [-0.2, 0) is 6.54 Å². The second-order valence-electron chi connectivity index (χ2n) is 5.01. The van der Waals surface area contributed by atoms with Crippen LogP contribution in [0.25, 0.3) is 11.3 Å². The monoisotopic (exact) mass is 275 g/mol. The largest absolute Gasteiger partial charge is 0.507 e. The van der Waals surface area contributed by atoms with Gasteiger partial charge in [0.1, 0.15) is 11.4 Å². The Balaban J connectivity index is 2.45. The third-order valence-corrected chi connectivity index (χ3v) is 2.97. The molecule has 0 radical (unpaired) electrons. The van der Waals surface area contributed by atoms with Gasteiger partial charge in [0.05, 0.1) is 5.69 Å². The van der Waals surface area contributed by atoms with Crippen molar-refractivity contribution in [2.24, 2.45) is 0 Å². The van der Waals surface area contributed by atoms with Gasteiger partial charge in [0.2, 0.25) is 0 Å². The number of benzene rings is 1. The summed E-state index contributed by atoms with van der Waals surface area (Å²) in [6.45, 7) is 2.40. The maximum Gasteiger partial charge on any atom is 0.353 e. The first-order valence-corrected chi connectivity index (χ1v) is 6.14. The number of aromatic hydroxyl groups is 1. The molecular weight excluding hydrogens is 258 g/mol. The Morgan fingerprint density at radius 1 is 1.35 bits per heavy atom. The Hall–Kier alpha value is -2.34. The Morgan fingerprint density at radius 2 is 2.05 bits per heavy atom. The average molecular weight is 275 g/mol. The molecule has 1 aromatic heterocycles. The molecule has 106 valence electrons. The van der Waals surface area contributed by atoms with E-state index in [0.717, 1.165) is 16.7 Å². The van der Waals surface area contributed by atoms with E-state index < -0.39 is 5.97 Å². The van der Waals surface area contributed by atoms with Gasteiger partial charge in [0.25, 0.3) is 0 Å². The van der Waals surface area contributed by atoms with Gasteiger partial charge < -0.3 is 15.1 Å². The summed E-state index contributed by atoms with van der Waals surface area (Å²) >= 11 is 0. The number of rotatable bonds is 4. The minimum atomic E-state index is -1.05. The van der Waals surface area contributed by atoms with Gasteiger partial charge in [-0.15, -0.1) is 0 Å². The zero-order valence-electron chi connectivity index (χ0n) is 11.6. The Bertz CT molecular complexity index is 647. The second kappa shape index (κ2) is 5.34. The van der Waals surface area contributed by atoms with E-state index in [1.54, 1.807) is 6.07 Å². The molecule has 0 atom stereocenters. The summed E-state index contributed by atoms with van der Waals surface area (Å²) in [4.78, 5) is 12.8. The van der Waals surface area contributed by atoms with Crippen LogP contribution in [0.4, 0.5) is 0 Å². The highest BCUT2D eigenvalue weighted by molar-refractivity contribution is 5.86. The molecule has 0 saturated carbocycles. The van der Waals surface area contributed by atoms with Crippen molar-refractivity contribution in [3.05, 3.63) is 35.0 Å². The number of hydrogen-bond acceptors (Lipinski definition) is 4. The van der Waals surface area contributed by atoms with Crippen LogP contribution in [0.5, 0.6) is 5.75 Å². The number of hydrogen-bond donors (Lipinski definition) is 3. The van der Waals surface area contributed by atoms with Gasteiger partial charge in [0, 0.05) is 17.7 Å². The van der Waals surface area contributed by atoms with Gasteiger partial charge in [-0.1, -0.05) is 0 Å². The highest BCUT2D eigenvalue weighted by Gasteiger charge is 2.13. The summed E-state index contributed by atoms with van der Waals surface area (Å²) in [5.41, 5.74) is 2.88.